The summed E-state index contributed by atoms with van der Waals surface area (Å²) in [6.07, 6.45) is 0.637. The fraction of sp³-hybridized carbons (Fsp3) is 0.417. The zero-order valence-electron chi connectivity index (χ0n) is 10.4. The Morgan fingerprint density at radius 2 is 1.89 bits per heavy atom. The van der Waals surface area contributed by atoms with E-state index in [4.69, 9.17) is 5.73 Å². The van der Waals surface area contributed by atoms with Gasteiger partial charge in [-0.15, -0.1) is 0 Å². The van der Waals surface area contributed by atoms with E-state index in [1.165, 1.54) is 0 Å². The predicted molar refractivity (Wildman–Crippen MR) is 78.3 cm³/mol. The molecule has 0 aliphatic heterocycles. The molecule has 0 unspecified atom stereocenters. The number of sulfone groups is 1. The van der Waals surface area contributed by atoms with Gasteiger partial charge >= 0.3 is 0 Å². The van der Waals surface area contributed by atoms with Gasteiger partial charge in [-0.2, -0.15) is 0 Å². The first kappa shape index (κ1) is 16.1. The van der Waals surface area contributed by atoms with Crippen molar-refractivity contribution in [3.8, 4) is 0 Å². The van der Waals surface area contributed by atoms with Gasteiger partial charge in [0.2, 0.25) is 5.91 Å². The van der Waals surface area contributed by atoms with Crippen LogP contribution in [0.4, 0.5) is 0 Å². The number of carbonyl (C=O) groups excluding carboxylic acids is 1. The average molecular weight is 349 g/mol. The number of nitrogens with two attached hydrogens (primary N) is 1. The van der Waals surface area contributed by atoms with Crippen LogP contribution in [0.2, 0.25) is 0 Å². The summed E-state index contributed by atoms with van der Waals surface area (Å²) in [5.41, 5.74) is 5.95. The van der Waals surface area contributed by atoms with Gasteiger partial charge in [-0.25, -0.2) is 8.42 Å². The zero-order chi connectivity index (χ0) is 14.3. The van der Waals surface area contributed by atoms with E-state index in [-0.39, 0.29) is 5.75 Å². The maximum atomic E-state index is 11.8. The Bertz CT molecular complexity index is 514. The van der Waals surface area contributed by atoms with E-state index in [1.54, 1.807) is 24.3 Å². The molecule has 0 bridgehead atoms. The molecule has 0 aliphatic rings. The molecule has 106 valence electrons. The van der Waals surface area contributed by atoms with Crippen molar-refractivity contribution >= 4 is 31.7 Å². The summed E-state index contributed by atoms with van der Waals surface area (Å²) >= 11 is 3.28. The Morgan fingerprint density at radius 3 is 2.47 bits per heavy atom. The third kappa shape index (κ3) is 6.70. The number of amides is 1. The summed E-state index contributed by atoms with van der Waals surface area (Å²) in [5.74, 6) is -1.11. The summed E-state index contributed by atoms with van der Waals surface area (Å²) in [6, 6.07) is 6.97. The molecule has 0 saturated carbocycles. The van der Waals surface area contributed by atoms with Crippen molar-refractivity contribution in [2.75, 3.05) is 18.8 Å². The first-order chi connectivity index (χ1) is 8.93. The lowest BCUT2D eigenvalue weighted by molar-refractivity contribution is -0.118. The van der Waals surface area contributed by atoms with Crippen molar-refractivity contribution in [2.24, 2.45) is 5.73 Å². The molecule has 5 nitrogen and oxygen atoms in total. The number of nitrogens with one attached hydrogen (secondary N) is 1. The molecular weight excluding hydrogens is 332 g/mol. The van der Waals surface area contributed by atoms with Crippen LogP contribution in [0.3, 0.4) is 0 Å². The molecule has 0 fully saturated rings. The molecule has 0 saturated heterocycles. The quantitative estimate of drug-likeness (QED) is 0.714. The standard InChI is InChI=1S/C12H17BrN2O3S/c13-11-4-2-10(3-5-11)8-19(17,18)9-12(16)15-7-1-6-14/h2-5H,1,6-9,14H2,(H,15,16). The minimum absolute atomic E-state index is 0.134. The third-order valence-electron chi connectivity index (χ3n) is 2.35. The second-order valence-electron chi connectivity index (χ2n) is 4.15. The first-order valence-corrected chi connectivity index (χ1v) is 8.46. The lowest BCUT2D eigenvalue weighted by Crippen LogP contribution is -2.32. The molecule has 0 atom stereocenters. The smallest absolute Gasteiger partial charge is 0.235 e. The number of carbonyl (C=O) groups is 1. The topological polar surface area (TPSA) is 89.3 Å². The van der Waals surface area contributed by atoms with Crippen molar-refractivity contribution in [1.29, 1.82) is 0 Å². The van der Waals surface area contributed by atoms with Crippen molar-refractivity contribution in [3.63, 3.8) is 0 Å². The minimum atomic E-state index is -3.44. The van der Waals surface area contributed by atoms with E-state index >= 15 is 0 Å². The highest BCUT2D eigenvalue weighted by Crippen LogP contribution is 2.13. The average Bonchev–Trinajstić information content (AvgIpc) is 2.31. The van der Waals surface area contributed by atoms with Gasteiger partial charge in [-0.1, -0.05) is 28.1 Å². The van der Waals surface area contributed by atoms with Gasteiger partial charge in [0, 0.05) is 11.0 Å². The monoisotopic (exact) mass is 348 g/mol. The second-order valence-corrected chi connectivity index (χ2v) is 7.13. The van der Waals surface area contributed by atoms with E-state index in [0.717, 1.165) is 4.47 Å². The van der Waals surface area contributed by atoms with E-state index < -0.39 is 21.5 Å². The molecule has 0 radical (unpaired) electrons. The fourth-order valence-electron chi connectivity index (χ4n) is 1.47. The van der Waals surface area contributed by atoms with Crippen LogP contribution in [0.25, 0.3) is 0 Å². The largest absolute Gasteiger partial charge is 0.355 e. The minimum Gasteiger partial charge on any atom is -0.355 e. The molecule has 1 aromatic rings. The van der Waals surface area contributed by atoms with E-state index in [1.807, 2.05) is 0 Å². The van der Waals surface area contributed by atoms with Gasteiger partial charge in [-0.3, -0.25) is 4.79 Å². The fourth-order valence-corrected chi connectivity index (χ4v) is 3.03. The maximum absolute atomic E-state index is 11.8. The summed E-state index contributed by atoms with van der Waals surface area (Å²) in [7, 11) is -3.44. The third-order valence-corrected chi connectivity index (χ3v) is 4.36. The SMILES string of the molecule is NCCCNC(=O)CS(=O)(=O)Cc1ccc(Br)cc1. The maximum Gasteiger partial charge on any atom is 0.235 e. The molecule has 0 spiro atoms. The zero-order valence-corrected chi connectivity index (χ0v) is 12.8. The molecule has 1 aromatic carbocycles. The predicted octanol–water partition coefficient (Wildman–Crippen LogP) is 0.829. The van der Waals surface area contributed by atoms with Crippen molar-refractivity contribution in [1.82, 2.24) is 5.32 Å². The highest BCUT2D eigenvalue weighted by molar-refractivity contribution is 9.10. The Hall–Kier alpha value is -0.920. The van der Waals surface area contributed by atoms with Crippen molar-refractivity contribution < 1.29 is 13.2 Å². The molecule has 0 aliphatic carbocycles. The molecule has 7 heteroatoms. The Kier molecular flexibility index (Phi) is 6.47. The number of halogens is 1. The van der Waals surface area contributed by atoms with Gasteiger partial charge in [0.15, 0.2) is 9.84 Å². The first-order valence-electron chi connectivity index (χ1n) is 5.84. The van der Waals surface area contributed by atoms with Crippen LogP contribution in [0.1, 0.15) is 12.0 Å². The summed E-state index contributed by atoms with van der Waals surface area (Å²) in [5, 5.41) is 2.53. The second kappa shape index (κ2) is 7.62. The van der Waals surface area contributed by atoms with Gasteiger partial charge in [0.25, 0.3) is 0 Å². The van der Waals surface area contributed by atoms with Crippen LogP contribution in [-0.4, -0.2) is 33.2 Å². The Labute approximate surface area is 121 Å². The normalized spacial score (nSPS) is 11.3. The van der Waals surface area contributed by atoms with Gasteiger partial charge in [-0.05, 0) is 30.7 Å². The number of hydrogen-bond acceptors (Lipinski definition) is 4. The van der Waals surface area contributed by atoms with Crippen molar-refractivity contribution in [2.45, 2.75) is 12.2 Å². The lowest BCUT2D eigenvalue weighted by atomic mass is 10.2. The van der Waals surface area contributed by atoms with Crippen molar-refractivity contribution in [3.05, 3.63) is 34.3 Å². The van der Waals surface area contributed by atoms with Crippen LogP contribution >= 0.6 is 15.9 Å². The van der Waals surface area contributed by atoms with E-state index in [0.29, 0.717) is 25.1 Å². The van der Waals surface area contributed by atoms with Crippen LogP contribution in [0.15, 0.2) is 28.7 Å². The summed E-state index contributed by atoms with van der Waals surface area (Å²) in [4.78, 5) is 11.4. The molecule has 0 aromatic heterocycles. The van der Waals surface area contributed by atoms with Crippen LogP contribution < -0.4 is 11.1 Å². The highest BCUT2D eigenvalue weighted by atomic mass is 79.9. The van der Waals surface area contributed by atoms with Gasteiger partial charge in [0.05, 0.1) is 5.75 Å². The molecule has 19 heavy (non-hydrogen) atoms. The molecule has 1 amide bonds. The molecule has 0 heterocycles. The number of rotatable bonds is 7. The summed E-state index contributed by atoms with van der Waals surface area (Å²) < 4.78 is 24.5. The Morgan fingerprint density at radius 1 is 1.26 bits per heavy atom. The molecule has 3 N–H and O–H groups in total. The van der Waals surface area contributed by atoms with Crippen LogP contribution in [-0.2, 0) is 20.4 Å². The van der Waals surface area contributed by atoms with Crippen LogP contribution in [0.5, 0.6) is 0 Å². The summed E-state index contributed by atoms with van der Waals surface area (Å²) in [6.45, 7) is 0.870. The van der Waals surface area contributed by atoms with Gasteiger partial charge < -0.3 is 11.1 Å². The molecule has 1 rings (SSSR count). The lowest BCUT2D eigenvalue weighted by Gasteiger charge is -2.06. The van der Waals surface area contributed by atoms with E-state index in [2.05, 4.69) is 21.2 Å². The van der Waals surface area contributed by atoms with Crippen LogP contribution in [0, 0.1) is 0 Å². The molecular formula is C12H17BrN2O3S. The van der Waals surface area contributed by atoms with Gasteiger partial charge in [0.1, 0.15) is 5.75 Å². The number of hydrogen-bond donors (Lipinski definition) is 2. The van der Waals surface area contributed by atoms with E-state index in [9.17, 15) is 13.2 Å². The highest BCUT2D eigenvalue weighted by Gasteiger charge is 2.17. The number of benzene rings is 1. The Balaban J connectivity index is 2.52.